The summed E-state index contributed by atoms with van der Waals surface area (Å²) in [5.74, 6) is 0. The van der Waals surface area contributed by atoms with Crippen LogP contribution in [0.5, 0.6) is 0 Å². The molecule has 4 N–H and O–H groups in total. The Kier molecular flexibility index (Phi) is 3.35. The van der Waals surface area contributed by atoms with Gasteiger partial charge in [0.1, 0.15) is 6.10 Å². The summed E-state index contributed by atoms with van der Waals surface area (Å²) in [4.78, 5) is 25.0. The van der Waals surface area contributed by atoms with Crippen molar-refractivity contribution in [2.45, 2.75) is 17.9 Å². The van der Waals surface area contributed by atoms with Gasteiger partial charge in [-0.3, -0.25) is 14.3 Å². The maximum atomic E-state index is 11.8. The third kappa shape index (κ3) is 1.79. The Hall–Kier alpha value is -1.48. The van der Waals surface area contributed by atoms with Gasteiger partial charge in [0.2, 0.25) is 0 Å². The van der Waals surface area contributed by atoms with Crippen molar-refractivity contribution in [2.24, 2.45) is 5.73 Å². The zero-order valence-corrected chi connectivity index (χ0v) is 9.83. The van der Waals surface area contributed by atoms with Crippen LogP contribution in [0.25, 0.3) is 0 Å². The highest BCUT2D eigenvalue weighted by Crippen LogP contribution is 2.29. The number of hydrogen-bond donors (Lipinski definition) is 3. The molecule has 1 aromatic rings. The number of aromatic nitrogens is 2. The lowest BCUT2D eigenvalue weighted by Gasteiger charge is -2.32. The van der Waals surface area contributed by atoms with E-state index in [4.69, 9.17) is 20.3 Å². The van der Waals surface area contributed by atoms with Crippen molar-refractivity contribution >= 4 is 0 Å². The molecule has 1 aromatic heterocycles. The number of aliphatic hydroxyl groups excluding tert-OH is 1. The number of methoxy groups -OCH3 is 1. The predicted octanol–water partition coefficient (Wildman–Crippen LogP) is -2.45. The molecule has 0 aromatic carbocycles. The summed E-state index contributed by atoms with van der Waals surface area (Å²) < 4.78 is 11.8. The summed E-state index contributed by atoms with van der Waals surface area (Å²) in [5, 5.41) is 9.12. The van der Waals surface area contributed by atoms with Gasteiger partial charge in [-0.05, 0) is 0 Å². The first kappa shape index (κ1) is 13.0. The lowest BCUT2D eigenvalue weighted by Crippen LogP contribution is -2.57. The Bertz CT molecular complexity index is 539. The summed E-state index contributed by atoms with van der Waals surface area (Å²) in [6, 6.07) is 0.470. The van der Waals surface area contributed by atoms with E-state index in [-0.39, 0.29) is 13.2 Å². The number of nitrogens with two attached hydrogens (primary N) is 1. The lowest BCUT2D eigenvalue weighted by atomic mass is 10.0. The number of aromatic amines is 1. The van der Waals surface area contributed by atoms with Crippen molar-refractivity contribution in [3.05, 3.63) is 33.1 Å². The summed E-state index contributed by atoms with van der Waals surface area (Å²) >= 11 is 0. The van der Waals surface area contributed by atoms with Gasteiger partial charge in [-0.25, -0.2) is 4.79 Å². The fourth-order valence-electron chi connectivity index (χ4n) is 2.12. The number of rotatable bonds is 3. The largest absolute Gasteiger partial charge is 0.394 e. The molecule has 1 aliphatic heterocycles. The molecular formula is C10H15N3O5. The molecule has 0 unspecified atom stereocenters. The van der Waals surface area contributed by atoms with Crippen molar-refractivity contribution in [1.82, 2.24) is 9.55 Å². The normalized spacial score (nSPS) is 31.7. The number of ether oxygens (including phenoxy) is 2. The van der Waals surface area contributed by atoms with Gasteiger partial charge in [-0.15, -0.1) is 0 Å². The van der Waals surface area contributed by atoms with E-state index < -0.39 is 29.1 Å². The SMILES string of the molecule is CO[C@]1(n2ccc(=O)[nH]c2=O)CO[C@H](CO)[C@H]1N. The van der Waals surface area contributed by atoms with Crippen molar-refractivity contribution in [1.29, 1.82) is 0 Å². The number of aliphatic hydroxyl groups is 1. The van der Waals surface area contributed by atoms with E-state index in [9.17, 15) is 9.59 Å². The van der Waals surface area contributed by atoms with Crippen LogP contribution in [-0.4, -0.2) is 47.1 Å². The molecule has 0 spiro atoms. The van der Waals surface area contributed by atoms with Crippen LogP contribution >= 0.6 is 0 Å². The second kappa shape index (κ2) is 4.65. The average Bonchev–Trinajstić information content (AvgIpc) is 2.67. The molecule has 0 bridgehead atoms. The van der Waals surface area contributed by atoms with Crippen LogP contribution in [-0.2, 0) is 15.2 Å². The van der Waals surface area contributed by atoms with Crippen LogP contribution in [0.2, 0.25) is 0 Å². The fraction of sp³-hybridized carbons (Fsp3) is 0.600. The van der Waals surface area contributed by atoms with E-state index in [1.165, 1.54) is 23.9 Å². The first-order valence-electron chi connectivity index (χ1n) is 5.41. The van der Waals surface area contributed by atoms with Gasteiger partial charge in [-0.2, -0.15) is 0 Å². The molecular weight excluding hydrogens is 242 g/mol. The van der Waals surface area contributed by atoms with Crippen molar-refractivity contribution in [2.75, 3.05) is 20.3 Å². The third-order valence-electron chi connectivity index (χ3n) is 3.19. The minimum atomic E-state index is -1.23. The molecule has 18 heavy (non-hydrogen) atoms. The smallest absolute Gasteiger partial charge is 0.330 e. The Balaban J connectivity index is 2.51. The molecule has 100 valence electrons. The highest BCUT2D eigenvalue weighted by atomic mass is 16.6. The molecule has 3 atom stereocenters. The molecule has 0 saturated carbocycles. The zero-order chi connectivity index (χ0) is 13.3. The predicted molar refractivity (Wildman–Crippen MR) is 61.1 cm³/mol. The molecule has 0 aliphatic carbocycles. The maximum absolute atomic E-state index is 11.8. The lowest BCUT2D eigenvalue weighted by molar-refractivity contribution is -0.0922. The Labute approximate surface area is 102 Å². The quantitative estimate of drug-likeness (QED) is 0.553. The summed E-state index contributed by atoms with van der Waals surface area (Å²) in [6.45, 7) is -0.258. The van der Waals surface area contributed by atoms with E-state index in [1.54, 1.807) is 0 Å². The first-order valence-corrected chi connectivity index (χ1v) is 5.41. The van der Waals surface area contributed by atoms with Crippen LogP contribution in [0, 0.1) is 0 Å². The number of nitrogens with one attached hydrogen (secondary N) is 1. The second-order valence-electron chi connectivity index (χ2n) is 4.09. The number of H-pyrrole nitrogens is 1. The van der Waals surface area contributed by atoms with Crippen molar-refractivity contribution in [3.8, 4) is 0 Å². The highest BCUT2D eigenvalue weighted by Gasteiger charge is 2.50. The van der Waals surface area contributed by atoms with E-state index in [2.05, 4.69) is 4.98 Å². The van der Waals surface area contributed by atoms with E-state index in [1.807, 2.05) is 0 Å². The molecule has 1 aliphatic rings. The van der Waals surface area contributed by atoms with Gasteiger partial charge in [0.05, 0.1) is 19.3 Å². The summed E-state index contributed by atoms with van der Waals surface area (Å²) in [5.41, 5.74) is 3.59. The van der Waals surface area contributed by atoms with Gasteiger partial charge in [0.25, 0.3) is 5.56 Å². The second-order valence-corrected chi connectivity index (χ2v) is 4.09. The molecule has 0 radical (unpaired) electrons. The van der Waals surface area contributed by atoms with Gasteiger partial charge in [-0.1, -0.05) is 0 Å². The van der Waals surface area contributed by atoms with Gasteiger partial charge < -0.3 is 20.3 Å². The van der Waals surface area contributed by atoms with E-state index >= 15 is 0 Å². The molecule has 2 heterocycles. The molecule has 1 fully saturated rings. The van der Waals surface area contributed by atoms with Gasteiger partial charge >= 0.3 is 5.69 Å². The minimum Gasteiger partial charge on any atom is -0.394 e. The van der Waals surface area contributed by atoms with Crippen LogP contribution in [0.3, 0.4) is 0 Å². The molecule has 8 nitrogen and oxygen atoms in total. The topological polar surface area (TPSA) is 120 Å². The zero-order valence-electron chi connectivity index (χ0n) is 9.83. The fourth-order valence-corrected chi connectivity index (χ4v) is 2.12. The van der Waals surface area contributed by atoms with Gasteiger partial charge in [0.15, 0.2) is 5.72 Å². The van der Waals surface area contributed by atoms with E-state index in [0.717, 1.165) is 0 Å². The Morgan fingerprint density at radius 1 is 1.72 bits per heavy atom. The average molecular weight is 257 g/mol. The first-order chi connectivity index (χ1) is 8.55. The maximum Gasteiger partial charge on any atom is 0.330 e. The van der Waals surface area contributed by atoms with Crippen LogP contribution in [0.4, 0.5) is 0 Å². The van der Waals surface area contributed by atoms with Crippen LogP contribution in [0.1, 0.15) is 0 Å². The molecule has 8 heteroatoms. The number of hydrogen-bond acceptors (Lipinski definition) is 6. The van der Waals surface area contributed by atoms with Gasteiger partial charge in [0, 0.05) is 19.4 Å². The van der Waals surface area contributed by atoms with E-state index in [0.29, 0.717) is 0 Å². The number of nitrogens with zero attached hydrogens (tertiary/aromatic N) is 1. The van der Waals surface area contributed by atoms with Crippen LogP contribution < -0.4 is 17.0 Å². The summed E-state index contributed by atoms with van der Waals surface area (Å²) in [6.07, 6.45) is 0.678. The third-order valence-corrected chi connectivity index (χ3v) is 3.19. The molecule has 2 rings (SSSR count). The monoisotopic (exact) mass is 257 g/mol. The molecule has 0 amide bonds. The van der Waals surface area contributed by atoms with Crippen LogP contribution in [0.15, 0.2) is 21.9 Å². The molecule has 1 saturated heterocycles. The highest BCUT2D eigenvalue weighted by molar-refractivity contribution is 5.01. The minimum absolute atomic E-state index is 0.0157. The Morgan fingerprint density at radius 3 is 2.94 bits per heavy atom. The Morgan fingerprint density at radius 2 is 2.44 bits per heavy atom. The van der Waals surface area contributed by atoms with Crippen molar-refractivity contribution < 1.29 is 14.6 Å². The summed E-state index contributed by atoms with van der Waals surface area (Å²) in [7, 11) is 1.39. The van der Waals surface area contributed by atoms with Crippen molar-refractivity contribution in [3.63, 3.8) is 0 Å². The standard InChI is InChI=1S/C10H15N3O5/c1-17-10(5-18-6(4-14)8(10)11)13-3-2-7(15)12-9(13)16/h2-3,6,8,14H,4-5,11H2,1H3,(H,12,15,16)/t6-,8-,10-/m1/s1.